The largest absolute Gasteiger partial charge is 0.464 e. The standard InChI is InChI=1S/C27H51N3O6/c1-4-5-6-7-8-9-10-11-12-13-14-15-16-17-20-36-27(35)23(18-19-24(28)32)30-25(33)21(2)29-26(34)22(3)31/h21-23,31H,4-20H2,1-3H3,(H2,28,32)(H,29,34)(H,30,33)/t21-,22+,23+/m1/s1. The van der Waals surface area contributed by atoms with E-state index in [1.165, 1.54) is 84.5 Å². The number of esters is 1. The fourth-order valence-electron chi connectivity index (χ4n) is 3.80. The minimum atomic E-state index is -1.26. The van der Waals surface area contributed by atoms with Gasteiger partial charge in [-0.05, 0) is 26.7 Å². The van der Waals surface area contributed by atoms with Crippen molar-refractivity contribution >= 4 is 23.7 Å². The number of nitrogens with two attached hydrogens (primary N) is 1. The molecule has 5 N–H and O–H groups in total. The van der Waals surface area contributed by atoms with Crippen molar-refractivity contribution in [2.75, 3.05) is 6.61 Å². The maximum absolute atomic E-state index is 12.5. The minimum absolute atomic E-state index is 0.00964. The molecule has 0 heterocycles. The van der Waals surface area contributed by atoms with Gasteiger partial charge in [0.15, 0.2) is 0 Å². The second-order valence-electron chi connectivity index (χ2n) is 9.74. The predicted octanol–water partition coefficient (Wildman–Crippen LogP) is 3.65. The van der Waals surface area contributed by atoms with Crippen molar-refractivity contribution in [3.63, 3.8) is 0 Å². The van der Waals surface area contributed by atoms with Crippen LogP contribution in [0.1, 0.15) is 124 Å². The predicted molar refractivity (Wildman–Crippen MR) is 141 cm³/mol. The van der Waals surface area contributed by atoms with Crippen LogP contribution in [0.5, 0.6) is 0 Å². The van der Waals surface area contributed by atoms with Gasteiger partial charge in [0.05, 0.1) is 6.61 Å². The lowest BCUT2D eigenvalue weighted by atomic mass is 10.0. The monoisotopic (exact) mass is 513 g/mol. The summed E-state index contributed by atoms with van der Waals surface area (Å²) in [6.45, 7) is 5.20. The number of nitrogens with one attached hydrogen (secondary N) is 2. The van der Waals surface area contributed by atoms with E-state index in [0.29, 0.717) is 0 Å². The van der Waals surface area contributed by atoms with Crippen LogP contribution in [-0.2, 0) is 23.9 Å². The number of hydrogen-bond donors (Lipinski definition) is 4. The zero-order chi connectivity index (χ0) is 27.2. The van der Waals surface area contributed by atoms with Gasteiger partial charge in [-0.2, -0.15) is 0 Å². The van der Waals surface area contributed by atoms with Gasteiger partial charge in [-0.15, -0.1) is 0 Å². The molecule has 0 aromatic rings. The Morgan fingerprint density at radius 2 is 1.22 bits per heavy atom. The molecule has 0 spiro atoms. The van der Waals surface area contributed by atoms with Crippen LogP contribution in [-0.4, -0.2) is 53.6 Å². The first-order chi connectivity index (χ1) is 17.2. The van der Waals surface area contributed by atoms with Crippen LogP contribution >= 0.6 is 0 Å². The molecule has 0 aliphatic rings. The Morgan fingerprint density at radius 3 is 1.67 bits per heavy atom. The smallest absolute Gasteiger partial charge is 0.328 e. The van der Waals surface area contributed by atoms with Crippen molar-refractivity contribution in [1.82, 2.24) is 10.6 Å². The molecule has 0 aliphatic carbocycles. The average Bonchev–Trinajstić information content (AvgIpc) is 2.83. The Bertz CT molecular complexity index is 627. The molecule has 9 nitrogen and oxygen atoms in total. The van der Waals surface area contributed by atoms with Crippen molar-refractivity contribution in [3.05, 3.63) is 0 Å². The highest BCUT2D eigenvalue weighted by atomic mass is 16.5. The molecule has 3 atom stereocenters. The Kier molecular flexibility index (Phi) is 20.7. The van der Waals surface area contributed by atoms with Gasteiger partial charge in [0.25, 0.3) is 0 Å². The SMILES string of the molecule is CCCCCCCCCCCCCCCCOC(=O)[C@H](CCC(N)=O)NC(=O)[C@@H](C)NC(=O)[C@H](C)O. The van der Waals surface area contributed by atoms with Gasteiger partial charge in [0.1, 0.15) is 18.2 Å². The van der Waals surface area contributed by atoms with E-state index >= 15 is 0 Å². The quantitative estimate of drug-likeness (QED) is 0.121. The van der Waals surface area contributed by atoms with E-state index < -0.39 is 41.9 Å². The molecular formula is C27H51N3O6. The zero-order valence-corrected chi connectivity index (χ0v) is 22.8. The van der Waals surface area contributed by atoms with Crippen molar-refractivity contribution in [2.45, 2.75) is 142 Å². The third kappa shape index (κ3) is 19.1. The number of carbonyl (C=O) groups is 4. The van der Waals surface area contributed by atoms with Crippen LogP contribution in [0.2, 0.25) is 0 Å². The molecular weight excluding hydrogens is 462 g/mol. The summed E-state index contributed by atoms with van der Waals surface area (Å²) in [5, 5.41) is 14.1. The van der Waals surface area contributed by atoms with E-state index in [2.05, 4.69) is 17.6 Å². The average molecular weight is 514 g/mol. The molecule has 9 heteroatoms. The molecule has 0 aromatic carbocycles. The number of aliphatic hydroxyl groups is 1. The molecule has 36 heavy (non-hydrogen) atoms. The summed E-state index contributed by atoms with van der Waals surface area (Å²) in [6.07, 6.45) is 15.9. The molecule has 0 unspecified atom stereocenters. The Labute approximate surface area is 217 Å². The van der Waals surface area contributed by atoms with E-state index in [9.17, 15) is 24.3 Å². The molecule has 210 valence electrons. The van der Waals surface area contributed by atoms with Crippen molar-refractivity contribution in [3.8, 4) is 0 Å². The zero-order valence-electron chi connectivity index (χ0n) is 22.8. The summed E-state index contributed by atoms with van der Waals surface area (Å²) < 4.78 is 5.31. The molecule has 0 saturated carbocycles. The van der Waals surface area contributed by atoms with E-state index in [0.717, 1.165) is 19.3 Å². The number of ether oxygens (including phenoxy) is 1. The number of carbonyl (C=O) groups excluding carboxylic acids is 4. The third-order valence-corrected chi connectivity index (χ3v) is 6.15. The summed E-state index contributed by atoms with van der Waals surface area (Å²) in [4.78, 5) is 47.5. The first kappa shape index (κ1) is 33.8. The van der Waals surface area contributed by atoms with Gasteiger partial charge in [-0.25, -0.2) is 4.79 Å². The number of hydrogen-bond acceptors (Lipinski definition) is 6. The van der Waals surface area contributed by atoms with E-state index in [1.807, 2.05) is 0 Å². The number of rotatable bonds is 23. The summed E-state index contributed by atoms with van der Waals surface area (Å²) >= 11 is 0. The van der Waals surface area contributed by atoms with Gasteiger partial charge < -0.3 is 26.2 Å². The molecule has 0 fully saturated rings. The minimum Gasteiger partial charge on any atom is -0.464 e. The van der Waals surface area contributed by atoms with E-state index in [1.54, 1.807) is 0 Å². The number of aliphatic hydroxyl groups excluding tert-OH is 1. The number of primary amides is 1. The van der Waals surface area contributed by atoms with E-state index in [4.69, 9.17) is 10.5 Å². The molecule has 0 saturated heterocycles. The number of amides is 3. The maximum Gasteiger partial charge on any atom is 0.328 e. The molecule has 0 aliphatic heterocycles. The third-order valence-electron chi connectivity index (χ3n) is 6.15. The Balaban J connectivity index is 4.07. The topological polar surface area (TPSA) is 148 Å². The lowest BCUT2D eigenvalue weighted by molar-refractivity contribution is -0.148. The Morgan fingerprint density at radius 1 is 0.750 bits per heavy atom. The normalized spacial score (nSPS) is 13.4. The van der Waals surface area contributed by atoms with Crippen LogP contribution in [0.15, 0.2) is 0 Å². The fraction of sp³-hybridized carbons (Fsp3) is 0.852. The van der Waals surface area contributed by atoms with Crippen LogP contribution in [0.4, 0.5) is 0 Å². The van der Waals surface area contributed by atoms with Gasteiger partial charge >= 0.3 is 5.97 Å². The van der Waals surface area contributed by atoms with Crippen LogP contribution < -0.4 is 16.4 Å². The molecule has 0 aromatic heterocycles. The van der Waals surface area contributed by atoms with Crippen molar-refractivity contribution < 1.29 is 29.0 Å². The summed E-state index contributed by atoms with van der Waals surface area (Å²) in [5.41, 5.74) is 5.18. The fourth-order valence-corrected chi connectivity index (χ4v) is 3.80. The lowest BCUT2D eigenvalue weighted by Gasteiger charge is -2.20. The van der Waals surface area contributed by atoms with Crippen LogP contribution in [0.25, 0.3) is 0 Å². The maximum atomic E-state index is 12.5. The molecule has 0 bridgehead atoms. The molecule has 0 rings (SSSR count). The molecule has 3 amide bonds. The van der Waals surface area contributed by atoms with Crippen molar-refractivity contribution in [2.24, 2.45) is 5.73 Å². The van der Waals surface area contributed by atoms with Gasteiger partial charge in [0, 0.05) is 6.42 Å². The molecule has 0 radical (unpaired) electrons. The Hall–Kier alpha value is -2.16. The summed E-state index contributed by atoms with van der Waals surface area (Å²) in [5.74, 6) is -2.54. The summed E-state index contributed by atoms with van der Waals surface area (Å²) in [6, 6.07) is -2.01. The highest BCUT2D eigenvalue weighted by Gasteiger charge is 2.26. The van der Waals surface area contributed by atoms with Gasteiger partial charge in [-0.1, -0.05) is 90.4 Å². The van der Waals surface area contributed by atoms with Gasteiger partial charge in [-0.3, -0.25) is 14.4 Å². The second-order valence-corrected chi connectivity index (χ2v) is 9.74. The van der Waals surface area contributed by atoms with Crippen LogP contribution in [0.3, 0.4) is 0 Å². The first-order valence-electron chi connectivity index (χ1n) is 13.9. The van der Waals surface area contributed by atoms with E-state index in [-0.39, 0.29) is 19.4 Å². The summed E-state index contributed by atoms with van der Waals surface area (Å²) in [7, 11) is 0. The second kappa shape index (κ2) is 22.1. The highest BCUT2D eigenvalue weighted by Crippen LogP contribution is 2.13. The van der Waals surface area contributed by atoms with Gasteiger partial charge in [0.2, 0.25) is 17.7 Å². The number of unbranched alkanes of at least 4 members (excludes halogenated alkanes) is 13. The highest BCUT2D eigenvalue weighted by molar-refractivity contribution is 5.91. The van der Waals surface area contributed by atoms with Crippen molar-refractivity contribution in [1.29, 1.82) is 0 Å². The first-order valence-corrected chi connectivity index (χ1v) is 13.9. The lowest BCUT2D eigenvalue weighted by Crippen LogP contribution is -2.52. The van der Waals surface area contributed by atoms with Crippen LogP contribution in [0, 0.1) is 0 Å².